The van der Waals surface area contributed by atoms with Crippen molar-refractivity contribution in [2.24, 2.45) is 17.8 Å². The van der Waals surface area contributed by atoms with E-state index in [1.165, 1.54) is 25.9 Å². The number of hydrogen-bond donors (Lipinski definition) is 1. The number of nitrogens with one attached hydrogen (secondary N) is 1. The van der Waals surface area contributed by atoms with E-state index in [0.717, 1.165) is 49.1 Å². The molecule has 3 rings (SSSR count). The van der Waals surface area contributed by atoms with Crippen LogP contribution in [0.3, 0.4) is 0 Å². The largest absolute Gasteiger partial charge is 0.492 e. The van der Waals surface area contributed by atoms with Crippen molar-refractivity contribution < 1.29 is 14.3 Å². The van der Waals surface area contributed by atoms with Crippen LogP contribution >= 0.6 is 0 Å². The third kappa shape index (κ3) is 6.21. The van der Waals surface area contributed by atoms with E-state index in [9.17, 15) is 4.79 Å². The zero-order valence-electron chi connectivity index (χ0n) is 19.3. The Bertz CT molecular complexity index is 663. The van der Waals surface area contributed by atoms with Gasteiger partial charge in [0.15, 0.2) is 0 Å². The molecular weight excluding hydrogens is 376 g/mol. The normalized spacial score (nSPS) is 30.1. The Labute approximate surface area is 182 Å². The fraction of sp³-hybridized carbons (Fsp3) is 0.720. The maximum absolute atomic E-state index is 13.0. The number of hydrogen-bond acceptors (Lipinski definition) is 4. The summed E-state index contributed by atoms with van der Waals surface area (Å²) in [5.41, 5.74) is 0.105. The molecule has 0 spiro atoms. The van der Waals surface area contributed by atoms with Crippen LogP contribution in [0.1, 0.15) is 59.8 Å². The molecule has 1 N–H and O–H groups in total. The third-order valence-corrected chi connectivity index (χ3v) is 6.52. The number of nitrogens with zero attached hydrogens (tertiary/aromatic N) is 1. The van der Waals surface area contributed by atoms with E-state index in [1.54, 1.807) is 0 Å². The van der Waals surface area contributed by atoms with Gasteiger partial charge in [-0.25, -0.2) is 0 Å². The first-order valence-corrected chi connectivity index (χ1v) is 11.8. The molecule has 1 saturated carbocycles. The van der Waals surface area contributed by atoms with Gasteiger partial charge < -0.3 is 14.8 Å². The monoisotopic (exact) mass is 416 g/mol. The Morgan fingerprint density at radius 3 is 2.47 bits per heavy atom. The van der Waals surface area contributed by atoms with E-state index in [2.05, 4.69) is 31.0 Å². The summed E-state index contributed by atoms with van der Waals surface area (Å²) in [6.07, 6.45) is 5.13. The maximum atomic E-state index is 13.0. The number of piperidine rings is 1. The number of rotatable bonds is 8. The summed E-state index contributed by atoms with van der Waals surface area (Å²) in [5.74, 6) is 2.88. The molecule has 30 heavy (non-hydrogen) atoms. The molecule has 5 nitrogen and oxygen atoms in total. The second-order valence-corrected chi connectivity index (χ2v) is 9.66. The van der Waals surface area contributed by atoms with E-state index in [4.69, 9.17) is 9.47 Å². The van der Waals surface area contributed by atoms with Crippen molar-refractivity contribution in [2.75, 3.05) is 38.2 Å². The van der Waals surface area contributed by atoms with Crippen LogP contribution in [0.25, 0.3) is 0 Å². The van der Waals surface area contributed by atoms with Gasteiger partial charge in [-0.2, -0.15) is 0 Å². The number of ether oxygens (including phenoxy) is 2. The second kappa shape index (κ2) is 10.6. The molecule has 0 unspecified atom stereocenters. The molecule has 1 aromatic carbocycles. The fourth-order valence-corrected chi connectivity index (χ4v) is 5.33. The first kappa shape index (κ1) is 23.1. The van der Waals surface area contributed by atoms with Crippen molar-refractivity contribution in [2.45, 2.75) is 65.4 Å². The van der Waals surface area contributed by atoms with E-state index < -0.39 is 5.60 Å². The van der Waals surface area contributed by atoms with Crippen LogP contribution < -0.4 is 10.1 Å². The molecule has 1 aliphatic carbocycles. The van der Waals surface area contributed by atoms with E-state index >= 15 is 0 Å². The van der Waals surface area contributed by atoms with Crippen molar-refractivity contribution in [1.82, 2.24) is 4.90 Å². The van der Waals surface area contributed by atoms with Crippen LogP contribution in [-0.2, 0) is 9.53 Å². The highest BCUT2D eigenvalue weighted by Crippen LogP contribution is 2.36. The molecule has 4 atom stereocenters. The van der Waals surface area contributed by atoms with E-state index in [1.807, 2.05) is 31.2 Å². The molecule has 1 aromatic rings. The van der Waals surface area contributed by atoms with Crippen LogP contribution in [-0.4, -0.2) is 49.3 Å². The van der Waals surface area contributed by atoms with Gasteiger partial charge in [-0.1, -0.05) is 27.2 Å². The van der Waals surface area contributed by atoms with Gasteiger partial charge >= 0.3 is 0 Å². The number of benzene rings is 1. The van der Waals surface area contributed by atoms with Crippen molar-refractivity contribution >= 4 is 11.6 Å². The van der Waals surface area contributed by atoms with Crippen LogP contribution in [0.15, 0.2) is 24.3 Å². The number of amides is 1. The Hall–Kier alpha value is -1.59. The standard InChI is InChI=1S/C25H40N2O3/c1-5-30-25(12-6-7-19(2)16-25)24(28)26-22-8-10-23(11-9-22)29-14-13-27-17-20(3)15-21(4)18-27/h8-11,19-21H,5-7,12-18H2,1-4H3,(H,26,28)/t19-,20-,21+,25+/m1/s1. The summed E-state index contributed by atoms with van der Waals surface area (Å²) in [7, 11) is 0. The zero-order valence-corrected chi connectivity index (χ0v) is 19.3. The third-order valence-electron chi connectivity index (χ3n) is 6.52. The molecule has 0 bridgehead atoms. The fourth-order valence-electron chi connectivity index (χ4n) is 5.33. The average Bonchev–Trinajstić information content (AvgIpc) is 2.69. The summed E-state index contributed by atoms with van der Waals surface area (Å²) in [5, 5.41) is 3.07. The van der Waals surface area contributed by atoms with Gasteiger partial charge in [-0.05, 0) is 74.6 Å². The Morgan fingerprint density at radius 2 is 1.83 bits per heavy atom. The summed E-state index contributed by atoms with van der Waals surface area (Å²) >= 11 is 0. The van der Waals surface area contributed by atoms with Crippen LogP contribution in [0, 0.1) is 17.8 Å². The maximum Gasteiger partial charge on any atom is 0.256 e. The number of anilines is 1. The quantitative estimate of drug-likeness (QED) is 0.650. The van der Waals surface area contributed by atoms with Crippen molar-refractivity contribution in [3.05, 3.63) is 24.3 Å². The first-order valence-electron chi connectivity index (χ1n) is 11.8. The van der Waals surface area contributed by atoms with Crippen molar-refractivity contribution in [1.29, 1.82) is 0 Å². The van der Waals surface area contributed by atoms with E-state index in [-0.39, 0.29) is 5.91 Å². The van der Waals surface area contributed by atoms with Gasteiger partial charge in [0.2, 0.25) is 0 Å². The van der Waals surface area contributed by atoms with Gasteiger partial charge in [0, 0.05) is 31.9 Å². The number of carbonyl (C=O) groups is 1. The minimum absolute atomic E-state index is 0.0158. The Kier molecular flexibility index (Phi) is 8.18. The molecule has 168 valence electrons. The summed E-state index contributed by atoms with van der Waals surface area (Å²) < 4.78 is 11.9. The molecule has 2 aliphatic rings. The topological polar surface area (TPSA) is 50.8 Å². The lowest BCUT2D eigenvalue weighted by molar-refractivity contribution is -0.147. The first-order chi connectivity index (χ1) is 14.4. The average molecular weight is 417 g/mol. The molecule has 1 heterocycles. The van der Waals surface area contributed by atoms with Gasteiger partial charge in [0.1, 0.15) is 18.0 Å². The molecule has 5 heteroatoms. The SMILES string of the molecule is CCO[C@@]1(C(=O)Nc2ccc(OCCN3C[C@H](C)C[C@H](C)C3)cc2)CCC[C@@H](C)C1. The van der Waals surface area contributed by atoms with Gasteiger partial charge in [-0.3, -0.25) is 9.69 Å². The van der Waals surface area contributed by atoms with Crippen LogP contribution in [0.5, 0.6) is 5.75 Å². The van der Waals surface area contributed by atoms with Crippen LogP contribution in [0.2, 0.25) is 0 Å². The zero-order chi connectivity index (χ0) is 21.6. The molecule has 1 saturated heterocycles. The molecule has 2 fully saturated rings. The van der Waals surface area contributed by atoms with Gasteiger partial charge in [0.05, 0.1) is 0 Å². The highest BCUT2D eigenvalue weighted by Gasteiger charge is 2.42. The summed E-state index contributed by atoms with van der Waals surface area (Å²) in [6.45, 7) is 13.4. The lowest BCUT2D eigenvalue weighted by atomic mass is 9.78. The smallest absolute Gasteiger partial charge is 0.256 e. The summed E-state index contributed by atoms with van der Waals surface area (Å²) in [6, 6.07) is 7.72. The molecule has 1 aliphatic heterocycles. The second-order valence-electron chi connectivity index (χ2n) is 9.66. The van der Waals surface area contributed by atoms with Crippen molar-refractivity contribution in [3.8, 4) is 5.75 Å². The predicted molar refractivity (Wildman–Crippen MR) is 122 cm³/mol. The minimum Gasteiger partial charge on any atom is -0.492 e. The van der Waals surface area contributed by atoms with Gasteiger partial charge in [0.25, 0.3) is 5.91 Å². The molecular formula is C25H40N2O3. The van der Waals surface area contributed by atoms with Gasteiger partial charge in [-0.15, -0.1) is 0 Å². The Balaban J connectivity index is 1.49. The lowest BCUT2D eigenvalue weighted by Crippen LogP contribution is -2.48. The van der Waals surface area contributed by atoms with Crippen molar-refractivity contribution in [3.63, 3.8) is 0 Å². The molecule has 0 radical (unpaired) electrons. The highest BCUT2D eigenvalue weighted by atomic mass is 16.5. The number of likely N-dealkylation sites (tertiary alicyclic amines) is 1. The minimum atomic E-state index is -0.690. The highest BCUT2D eigenvalue weighted by molar-refractivity contribution is 5.97. The predicted octanol–water partition coefficient (Wildman–Crippen LogP) is 4.97. The molecule has 1 amide bonds. The number of carbonyl (C=O) groups excluding carboxylic acids is 1. The Morgan fingerprint density at radius 1 is 1.13 bits per heavy atom. The summed E-state index contributed by atoms with van der Waals surface area (Å²) in [4.78, 5) is 15.5. The molecule has 0 aromatic heterocycles. The van der Waals surface area contributed by atoms with Crippen LogP contribution in [0.4, 0.5) is 5.69 Å². The lowest BCUT2D eigenvalue weighted by Gasteiger charge is -2.38. The van der Waals surface area contributed by atoms with E-state index in [0.29, 0.717) is 19.1 Å².